The van der Waals surface area contributed by atoms with E-state index in [2.05, 4.69) is 25.2 Å². The largest absolute Gasteiger partial charge is 0.368 e. The molecule has 0 saturated heterocycles. The molecule has 3 heterocycles. The first-order valence-corrected chi connectivity index (χ1v) is 10.8. The van der Waals surface area contributed by atoms with E-state index in [1.165, 1.54) is 11.1 Å². The summed E-state index contributed by atoms with van der Waals surface area (Å²) < 4.78 is 21.3. The fraction of sp³-hybridized carbons (Fsp3) is 0.304. The zero-order chi connectivity index (χ0) is 23.8. The molecule has 0 aliphatic heterocycles. The summed E-state index contributed by atoms with van der Waals surface area (Å²) in [6, 6.07) is 7.54. The van der Waals surface area contributed by atoms with Gasteiger partial charge in [-0.05, 0) is 29.9 Å². The highest BCUT2D eigenvalue weighted by molar-refractivity contribution is 5.75. The highest BCUT2D eigenvalue weighted by Gasteiger charge is 2.36. The van der Waals surface area contributed by atoms with Gasteiger partial charge in [0.15, 0.2) is 5.82 Å². The summed E-state index contributed by atoms with van der Waals surface area (Å²) in [5, 5.41) is 8.46. The zero-order valence-electron chi connectivity index (χ0n) is 18.7. The van der Waals surface area contributed by atoms with Crippen LogP contribution in [0.3, 0.4) is 0 Å². The number of carbonyl (C=O) groups is 1. The van der Waals surface area contributed by atoms with Crippen LogP contribution in [-0.2, 0) is 11.3 Å². The van der Waals surface area contributed by atoms with E-state index in [1.807, 2.05) is 24.3 Å². The van der Waals surface area contributed by atoms with E-state index in [-0.39, 0.29) is 29.9 Å². The number of nitrogen functional groups attached to an aromatic ring is 1. The van der Waals surface area contributed by atoms with Crippen LogP contribution in [0.25, 0.3) is 22.6 Å². The van der Waals surface area contributed by atoms with Crippen LogP contribution in [0.5, 0.6) is 0 Å². The van der Waals surface area contributed by atoms with E-state index in [1.54, 1.807) is 31.2 Å². The number of hydrogen-bond donors (Lipinski definition) is 1. The van der Waals surface area contributed by atoms with Crippen molar-refractivity contribution in [2.75, 3.05) is 19.8 Å². The van der Waals surface area contributed by atoms with Crippen LogP contribution < -0.4 is 5.73 Å². The lowest BCUT2D eigenvalue weighted by molar-refractivity contribution is -0.129. The van der Waals surface area contributed by atoms with Crippen molar-refractivity contribution in [3.8, 4) is 22.6 Å². The third kappa shape index (κ3) is 4.36. The van der Waals surface area contributed by atoms with Gasteiger partial charge in [0.25, 0.3) is 5.89 Å². The van der Waals surface area contributed by atoms with Crippen molar-refractivity contribution in [2.24, 2.45) is 5.92 Å². The summed E-state index contributed by atoms with van der Waals surface area (Å²) in [7, 11) is 3.39. The molecule has 2 N–H and O–H groups in total. The molecule has 0 bridgehead atoms. The molecule has 5 rings (SSSR count). The van der Waals surface area contributed by atoms with E-state index in [9.17, 15) is 9.18 Å². The fourth-order valence-electron chi connectivity index (χ4n) is 3.82. The minimum atomic E-state index is -0.658. The summed E-state index contributed by atoms with van der Waals surface area (Å²) in [5.41, 5.74) is 8.05. The van der Waals surface area contributed by atoms with E-state index in [0.29, 0.717) is 28.8 Å². The molecular formula is C23H23FN8O2. The highest BCUT2D eigenvalue weighted by Crippen LogP contribution is 2.46. The molecule has 1 aliphatic carbocycles. The van der Waals surface area contributed by atoms with Crippen molar-refractivity contribution in [1.29, 1.82) is 0 Å². The van der Waals surface area contributed by atoms with Gasteiger partial charge in [0.05, 0.1) is 23.2 Å². The molecule has 10 nitrogen and oxygen atoms in total. The predicted octanol–water partition coefficient (Wildman–Crippen LogP) is 2.74. The van der Waals surface area contributed by atoms with Crippen LogP contribution >= 0.6 is 0 Å². The molecule has 34 heavy (non-hydrogen) atoms. The number of anilines is 1. The van der Waals surface area contributed by atoms with Gasteiger partial charge in [0, 0.05) is 26.5 Å². The van der Waals surface area contributed by atoms with Crippen molar-refractivity contribution >= 4 is 11.9 Å². The third-order valence-electron chi connectivity index (χ3n) is 5.83. The average Bonchev–Trinajstić information content (AvgIpc) is 3.33. The molecule has 0 spiro atoms. The lowest BCUT2D eigenvalue weighted by Gasteiger charge is -2.13. The molecule has 1 amide bonds. The van der Waals surface area contributed by atoms with Crippen LogP contribution in [0.1, 0.15) is 30.1 Å². The number of carbonyl (C=O) groups excluding carboxylic acids is 1. The lowest BCUT2D eigenvalue weighted by Crippen LogP contribution is -2.26. The summed E-state index contributed by atoms with van der Waals surface area (Å²) in [5.74, 6) is 0.483. The summed E-state index contributed by atoms with van der Waals surface area (Å²) in [4.78, 5) is 25.5. The minimum absolute atomic E-state index is 0.0376. The first kappa shape index (κ1) is 21.7. The maximum Gasteiger partial charge on any atom is 0.261 e. The monoisotopic (exact) mass is 462 g/mol. The third-order valence-corrected chi connectivity index (χ3v) is 5.83. The van der Waals surface area contributed by atoms with Gasteiger partial charge in [-0.25, -0.2) is 4.98 Å². The molecule has 11 heteroatoms. The van der Waals surface area contributed by atoms with Gasteiger partial charge >= 0.3 is 0 Å². The molecule has 3 aromatic heterocycles. The maximum absolute atomic E-state index is 14.2. The van der Waals surface area contributed by atoms with Crippen LogP contribution in [0, 0.1) is 11.9 Å². The number of hydrogen-bond acceptors (Lipinski definition) is 8. The number of rotatable bonds is 7. The minimum Gasteiger partial charge on any atom is -0.368 e. The zero-order valence-corrected chi connectivity index (χ0v) is 18.7. The topological polar surface area (TPSA) is 129 Å². The molecule has 1 saturated carbocycles. The first-order valence-electron chi connectivity index (χ1n) is 10.8. The quantitative estimate of drug-likeness (QED) is 0.415. The van der Waals surface area contributed by atoms with Gasteiger partial charge in [-0.2, -0.15) is 19.5 Å². The average molecular weight is 462 g/mol. The summed E-state index contributed by atoms with van der Waals surface area (Å²) >= 11 is 0. The number of nitrogens with zero attached hydrogens (tertiary/aromatic N) is 7. The predicted molar refractivity (Wildman–Crippen MR) is 121 cm³/mol. The Bertz CT molecular complexity index is 1330. The van der Waals surface area contributed by atoms with Crippen molar-refractivity contribution in [1.82, 2.24) is 34.8 Å². The van der Waals surface area contributed by atoms with E-state index >= 15 is 0 Å². The Morgan fingerprint density at radius 2 is 1.97 bits per heavy atom. The van der Waals surface area contributed by atoms with Crippen LogP contribution in [0.15, 0.2) is 47.4 Å². The Hall–Kier alpha value is -4.15. The fourth-order valence-corrected chi connectivity index (χ4v) is 3.82. The van der Waals surface area contributed by atoms with E-state index in [4.69, 9.17) is 10.3 Å². The lowest BCUT2D eigenvalue weighted by atomic mass is 9.92. The molecule has 1 aromatic carbocycles. The molecule has 1 atom stereocenters. The van der Waals surface area contributed by atoms with Crippen molar-refractivity contribution in [3.63, 3.8) is 0 Å². The van der Waals surface area contributed by atoms with E-state index in [0.717, 1.165) is 18.4 Å². The molecule has 174 valence electrons. The summed E-state index contributed by atoms with van der Waals surface area (Å²) in [6.45, 7) is 0.130. The van der Waals surface area contributed by atoms with Gasteiger partial charge in [-0.3, -0.25) is 9.48 Å². The number of benzene rings is 1. The van der Waals surface area contributed by atoms with Gasteiger partial charge in [0.1, 0.15) is 6.54 Å². The standard InChI is InChI=1S/C23H23FN8O2/c1-31(2)18(33)12-32-11-16(9-27-32)22-29-21(30-34-22)19(15-7-8-15)14-5-3-13(4-6-14)17-10-26-23(25)28-20(17)24/h3-6,9-11,15,19H,7-8,12H2,1-2H3,(H2,25,26,28)/t19-/m0/s1. The van der Waals surface area contributed by atoms with Gasteiger partial charge in [-0.15, -0.1) is 0 Å². The number of likely N-dealkylation sites (N-methyl/N-ethyl adjacent to an activating group) is 1. The van der Waals surface area contributed by atoms with Gasteiger partial charge in [0.2, 0.25) is 17.8 Å². The molecule has 0 unspecified atom stereocenters. The van der Waals surface area contributed by atoms with Crippen molar-refractivity contribution in [3.05, 3.63) is 60.2 Å². The Morgan fingerprint density at radius 1 is 1.21 bits per heavy atom. The number of amides is 1. The molecule has 1 fully saturated rings. The van der Waals surface area contributed by atoms with Gasteiger partial charge < -0.3 is 15.2 Å². The van der Waals surface area contributed by atoms with Crippen LogP contribution in [0.2, 0.25) is 0 Å². The van der Waals surface area contributed by atoms with Crippen molar-refractivity contribution < 1.29 is 13.7 Å². The highest BCUT2D eigenvalue weighted by atomic mass is 19.1. The Balaban J connectivity index is 1.38. The van der Waals surface area contributed by atoms with Crippen molar-refractivity contribution in [2.45, 2.75) is 25.3 Å². The second kappa shape index (κ2) is 8.65. The molecule has 0 radical (unpaired) electrons. The van der Waals surface area contributed by atoms with Crippen LogP contribution in [0.4, 0.5) is 10.3 Å². The van der Waals surface area contributed by atoms with E-state index < -0.39 is 5.95 Å². The SMILES string of the molecule is CN(C)C(=O)Cn1cc(-c2nc([C@@H](c3ccc(-c4cnc(N)nc4F)cc3)C3CC3)no2)cn1. The number of halogens is 1. The number of aromatic nitrogens is 6. The molecular weight excluding hydrogens is 439 g/mol. The smallest absolute Gasteiger partial charge is 0.261 e. The Labute approximate surface area is 194 Å². The maximum atomic E-state index is 14.2. The second-order valence-electron chi connectivity index (χ2n) is 8.54. The second-order valence-corrected chi connectivity index (χ2v) is 8.54. The van der Waals surface area contributed by atoms with Crippen LogP contribution in [-0.4, -0.2) is 54.8 Å². The first-order chi connectivity index (χ1) is 16.4. The Morgan fingerprint density at radius 3 is 2.65 bits per heavy atom. The van der Waals surface area contributed by atoms with Gasteiger partial charge in [-0.1, -0.05) is 29.4 Å². The Kier molecular flexibility index (Phi) is 5.52. The number of nitrogens with two attached hydrogens (primary N) is 1. The molecule has 4 aromatic rings. The summed E-state index contributed by atoms with van der Waals surface area (Å²) in [6.07, 6.45) is 6.83. The normalized spacial score (nSPS) is 14.2. The molecule has 1 aliphatic rings.